The first-order valence-electron chi connectivity index (χ1n) is 8.56. The number of fused-ring (bicyclic) bond motifs is 1. The van der Waals surface area contributed by atoms with Crippen LogP contribution in [0.5, 0.6) is 0 Å². The van der Waals surface area contributed by atoms with Gasteiger partial charge in [0.25, 0.3) is 11.8 Å². The van der Waals surface area contributed by atoms with Crippen LogP contribution in [0.2, 0.25) is 0 Å². The molecule has 3 aromatic rings. The predicted molar refractivity (Wildman–Crippen MR) is 99.6 cm³/mol. The van der Waals surface area contributed by atoms with Gasteiger partial charge in [0.2, 0.25) is 0 Å². The summed E-state index contributed by atoms with van der Waals surface area (Å²) in [4.78, 5) is 24.1. The van der Waals surface area contributed by atoms with Crippen LogP contribution in [0.15, 0.2) is 59.0 Å². The molecule has 0 aliphatic rings. The Bertz CT molecular complexity index is 867. The molecule has 0 aliphatic carbocycles. The third-order valence-electron chi connectivity index (χ3n) is 3.90. The van der Waals surface area contributed by atoms with Crippen molar-refractivity contribution < 1.29 is 14.0 Å². The number of carbonyl (C=O) groups excluding carboxylic acids is 2. The van der Waals surface area contributed by atoms with Crippen molar-refractivity contribution >= 4 is 22.8 Å². The maximum Gasteiger partial charge on any atom is 0.287 e. The first-order valence-corrected chi connectivity index (χ1v) is 8.56. The van der Waals surface area contributed by atoms with E-state index in [1.165, 1.54) is 0 Å². The average molecular weight is 351 g/mol. The van der Waals surface area contributed by atoms with Crippen LogP contribution in [0.1, 0.15) is 39.8 Å². The minimum Gasteiger partial charge on any atom is -0.451 e. The Labute approximate surface area is 151 Å². The summed E-state index contributed by atoms with van der Waals surface area (Å²) in [6, 6.07) is 16.3. The van der Waals surface area contributed by atoms with Gasteiger partial charge in [-0.25, -0.2) is 5.43 Å². The molecule has 2 amide bonds. The third-order valence-corrected chi connectivity index (χ3v) is 3.90. The van der Waals surface area contributed by atoms with E-state index in [1.807, 2.05) is 43.3 Å². The summed E-state index contributed by atoms with van der Waals surface area (Å²) in [6.07, 6.45) is 0.935. The van der Waals surface area contributed by atoms with Crippen molar-refractivity contribution in [2.75, 3.05) is 6.54 Å². The molecule has 1 aromatic heterocycles. The van der Waals surface area contributed by atoms with E-state index in [4.69, 9.17) is 4.42 Å². The van der Waals surface area contributed by atoms with E-state index >= 15 is 0 Å². The molecule has 0 fully saturated rings. The van der Waals surface area contributed by atoms with E-state index < -0.39 is 0 Å². The van der Waals surface area contributed by atoms with Crippen LogP contribution in [-0.4, -0.2) is 18.4 Å². The first-order chi connectivity index (χ1) is 12.7. The quantitative estimate of drug-likeness (QED) is 0.451. The molecule has 26 heavy (non-hydrogen) atoms. The van der Waals surface area contributed by atoms with E-state index in [2.05, 4.69) is 16.2 Å². The van der Waals surface area contributed by atoms with Crippen molar-refractivity contribution in [1.82, 2.24) is 16.2 Å². The standard InChI is InChI=1S/C20H21N3O3/c1-2-11-22-23-19(24)15-9-7-14(8-10-15)13-21-20(25)18-12-16-5-3-4-6-17(16)26-18/h3-10,12,22H,2,11,13H2,1H3,(H,21,25)(H,23,24). The van der Waals surface area contributed by atoms with E-state index in [-0.39, 0.29) is 17.6 Å². The Kier molecular flexibility index (Phi) is 5.66. The van der Waals surface area contributed by atoms with Gasteiger partial charge in [0.1, 0.15) is 5.58 Å². The van der Waals surface area contributed by atoms with Gasteiger partial charge in [-0.1, -0.05) is 37.3 Å². The number of furan rings is 1. The van der Waals surface area contributed by atoms with E-state index in [1.54, 1.807) is 18.2 Å². The number of para-hydroxylation sites is 1. The van der Waals surface area contributed by atoms with Gasteiger partial charge < -0.3 is 9.73 Å². The van der Waals surface area contributed by atoms with Crippen LogP contribution in [-0.2, 0) is 6.54 Å². The molecule has 2 aromatic carbocycles. The summed E-state index contributed by atoms with van der Waals surface area (Å²) in [5.41, 5.74) is 7.62. The highest BCUT2D eigenvalue weighted by molar-refractivity contribution is 5.96. The van der Waals surface area contributed by atoms with Crippen LogP contribution in [0.4, 0.5) is 0 Å². The molecule has 0 radical (unpaired) electrons. The zero-order valence-corrected chi connectivity index (χ0v) is 14.5. The highest BCUT2D eigenvalue weighted by atomic mass is 16.3. The van der Waals surface area contributed by atoms with Crippen LogP contribution in [0.3, 0.4) is 0 Å². The number of amides is 2. The second kappa shape index (κ2) is 8.31. The molecule has 0 saturated carbocycles. The normalized spacial score (nSPS) is 10.7. The summed E-state index contributed by atoms with van der Waals surface area (Å²) in [6.45, 7) is 3.09. The van der Waals surface area contributed by atoms with Crippen LogP contribution in [0, 0.1) is 0 Å². The number of benzene rings is 2. The lowest BCUT2D eigenvalue weighted by atomic mass is 10.1. The summed E-state index contributed by atoms with van der Waals surface area (Å²) < 4.78 is 5.54. The molecule has 3 rings (SSSR count). The smallest absolute Gasteiger partial charge is 0.287 e. The summed E-state index contributed by atoms with van der Waals surface area (Å²) in [7, 11) is 0. The van der Waals surface area contributed by atoms with E-state index in [0.717, 1.165) is 23.9 Å². The van der Waals surface area contributed by atoms with Gasteiger partial charge >= 0.3 is 0 Å². The summed E-state index contributed by atoms with van der Waals surface area (Å²) in [5, 5.41) is 3.71. The molecule has 0 unspecified atom stereocenters. The topological polar surface area (TPSA) is 83.4 Å². The third kappa shape index (κ3) is 4.29. The van der Waals surface area contributed by atoms with E-state index in [9.17, 15) is 9.59 Å². The zero-order chi connectivity index (χ0) is 18.4. The zero-order valence-electron chi connectivity index (χ0n) is 14.5. The molecule has 6 nitrogen and oxygen atoms in total. The molecule has 6 heteroatoms. The van der Waals surface area contributed by atoms with Crippen molar-refractivity contribution in [2.45, 2.75) is 19.9 Å². The Morgan fingerprint density at radius 3 is 2.50 bits per heavy atom. The second-order valence-electron chi connectivity index (χ2n) is 5.91. The highest BCUT2D eigenvalue weighted by Crippen LogP contribution is 2.18. The molecule has 0 spiro atoms. The van der Waals surface area contributed by atoms with E-state index in [0.29, 0.717) is 17.7 Å². The van der Waals surface area contributed by atoms with Gasteiger partial charge in [0, 0.05) is 24.0 Å². The number of hydrogen-bond donors (Lipinski definition) is 3. The summed E-state index contributed by atoms with van der Waals surface area (Å²) in [5.74, 6) is -0.174. The molecular weight excluding hydrogens is 330 g/mol. The average Bonchev–Trinajstić information content (AvgIpc) is 3.11. The van der Waals surface area contributed by atoms with Gasteiger partial charge in [-0.15, -0.1) is 0 Å². The monoisotopic (exact) mass is 351 g/mol. The fourth-order valence-corrected chi connectivity index (χ4v) is 2.48. The molecule has 0 aliphatic heterocycles. The number of rotatable bonds is 7. The maximum atomic E-state index is 12.2. The van der Waals surface area contributed by atoms with Gasteiger partial charge in [0.05, 0.1) is 0 Å². The van der Waals surface area contributed by atoms with Crippen molar-refractivity contribution in [3.8, 4) is 0 Å². The fraction of sp³-hybridized carbons (Fsp3) is 0.200. The number of nitrogens with one attached hydrogen (secondary N) is 3. The van der Waals surface area contributed by atoms with Crippen molar-refractivity contribution in [2.24, 2.45) is 0 Å². The van der Waals surface area contributed by atoms with Crippen molar-refractivity contribution in [1.29, 1.82) is 0 Å². The molecule has 3 N–H and O–H groups in total. The molecular formula is C20H21N3O3. The minimum absolute atomic E-state index is 0.184. The number of hydrazine groups is 1. The Morgan fingerprint density at radius 2 is 1.77 bits per heavy atom. The van der Waals surface area contributed by atoms with Crippen molar-refractivity contribution in [3.05, 3.63) is 71.5 Å². The second-order valence-corrected chi connectivity index (χ2v) is 5.91. The molecule has 134 valence electrons. The SMILES string of the molecule is CCCNNC(=O)c1ccc(CNC(=O)c2cc3ccccc3o2)cc1. The maximum absolute atomic E-state index is 12.2. The van der Waals surface area contributed by atoms with Gasteiger partial charge in [-0.05, 0) is 36.2 Å². The van der Waals surface area contributed by atoms with Crippen molar-refractivity contribution in [3.63, 3.8) is 0 Å². The van der Waals surface area contributed by atoms with Gasteiger partial charge in [-0.3, -0.25) is 15.0 Å². The lowest BCUT2D eigenvalue weighted by Crippen LogP contribution is -2.37. The predicted octanol–water partition coefficient (Wildman–Crippen LogP) is 3.01. The van der Waals surface area contributed by atoms with Crippen LogP contribution >= 0.6 is 0 Å². The molecule has 0 atom stereocenters. The fourth-order valence-electron chi connectivity index (χ4n) is 2.48. The number of hydrogen-bond acceptors (Lipinski definition) is 4. The Hall–Kier alpha value is -3.12. The Morgan fingerprint density at radius 1 is 1.00 bits per heavy atom. The largest absolute Gasteiger partial charge is 0.451 e. The molecule has 1 heterocycles. The van der Waals surface area contributed by atoms with Gasteiger partial charge in [0.15, 0.2) is 5.76 Å². The highest BCUT2D eigenvalue weighted by Gasteiger charge is 2.12. The first kappa shape index (κ1) is 17.7. The lowest BCUT2D eigenvalue weighted by Gasteiger charge is -2.07. The summed E-state index contributed by atoms with van der Waals surface area (Å²) >= 11 is 0. The number of carbonyl (C=O) groups is 2. The lowest BCUT2D eigenvalue weighted by molar-refractivity contribution is 0.0919. The van der Waals surface area contributed by atoms with Gasteiger partial charge in [-0.2, -0.15) is 0 Å². The Balaban J connectivity index is 1.55. The molecule has 0 saturated heterocycles. The minimum atomic E-state index is -0.271. The molecule has 0 bridgehead atoms. The van der Waals surface area contributed by atoms with Crippen LogP contribution < -0.4 is 16.2 Å². The van der Waals surface area contributed by atoms with Crippen LogP contribution in [0.25, 0.3) is 11.0 Å².